The molecule has 1 atom stereocenters. The Labute approximate surface area is 154 Å². The van der Waals surface area contributed by atoms with Crippen LogP contribution >= 0.6 is 0 Å². The second-order valence-corrected chi connectivity index (χ2v) is 8.69. The van der Waals surface area contributed by atoms with Crippen molar-refractivity contribution in [3.05, 3.63) is 11.3 Å². The zero-order valence-electron chi connectivity index (χ0n) is 16.2. The number of β-amino-alcohol motifs (C(OH)–C–C–N with tert-alkyl or cyclic N) is 1. The van der Waals surface area contributed by atoms with E-state index in [9.17, 15) is 14.7 Å². The number of aliphatic hydroxyl groups is 1. The average molecular weight is 366 g/mol. The number of cyclic esters (lactones) is 1. The van der Waals surface area contributed by atoms with Gasteiger partial charge in [-0.3, -0.25) is 0 Å². The summed E-state index contributed by atoms with van der Waals surface area (Å²) >= 11 is 0. The van der Waals surface area contributed by atoms with E-state index in [4.69, 9.17) is 9.47 Å². The lowest BCUT2D eigenvalue weighted by molar-refractivity contribution is -0.136. The molecular weight excluding hydrogens is 336 g/mol. The summed E-state index contributed by atoms with van der Waals surface area (Å²) in [4.78, 5) is 27.6. The molecule has 0 aromatic rings. The largest absolute Gasteiger partial charge is 0.456 e. The van der Waals surface area contributed by atoms with Gasteiger partial charge in [0.15, 0.2) is 0 Å². The lowest BCUT2D eigenvalue weighted by Crippen LogP contribution is -2.56. The number of amides is 1. The predicted molar refractivity (Wildman–Crippen MR) is 95.3 cm³/mol. The Morgan fingerprint density at radius 1 is 1.23 bits per heavy atom. The quantitative estimate of drug-likeness (QED) is 0.714. The van der Waals surface area contributed by atoms with Gasteiger partial charge in [-0.1, -0.05) is 0 Å². The van der Waals surface area contributed by atoms with Crippen LogP contribution in [0.3, 0.4) is 0 Å². The molecule has 7 heteroatoms. The molecule has 3 aliphatic heterocycles. The van der Waals surface area contributed by atoms with Crippen LogP contribution in [0.2, 0.25) is 0 Å². The normalized spacial score (nSPS) is 26.3. The molecule has 1 amide bonds. The third kappa shape index (κ3) is 3.68. The molecule has 0 aromatic heterocycles. The Morgan fingerprint density at radius 2 is 1.85 bits per heavy atom. The molecule has 3 heterocycles. The van der Waals surface area contributed by atoms with Gasteiger partial charge in [-0.2, -0.15) is 0 Å². The van der Waals surface area contributed by atoms with Crippen LogP contribution in [-0.2, 0) is 14.3 Å². The Balaban J connectivity index is 1.59. The molecular formula is C19H30N2O5. The zero-order chi connectivity index (χ0) is 19.1. The highest BCUT2D eigenvalue weighted by Crippen LogP contribution is 2.43. The van der Waals surface area contributed by atoms with E-state index in [2.05, 4.69) is 4.90 Å². The Hall–Kier alpha value is -1.76. The molecule has 2 saturated heterocycles. The van der Waals surface area contributed by atoms with Crippen LogP contribution in [0.5, 0.6) is 0 Å². The van der Waals surface area contributed by atoms with Crippen LogP contribution in [0, 0.1) is 5.41 Å². The van der Waals surface area contributed by atoms with Crippen LogP contribution < -0.4 is 0 Å². The molecule has 0 bridgehead atoms. The lowest BCUT2D eigenvalue weighted by atomic mass is 9.69. The number of hydrogen-bond donors (Lipinski definition) is 1. The second kappa shape index (κ2) is 6.76. The highest BCUT2D eigenvalue weighted by atomic mass is 16.6. The van der Waals surface area contributed by atoms with E-state index >= 15 is 0 Å². The van der Waals surface area contributed by atoms with E-state index in [1.165, 1.54) is 0 Å². The highest BCUT2D eigenvalue weighted by molar-refractivity contribution is 5.90. The van der Waals surface area contributed by atoms with Crippen LogP contribution in [0.25, 0.3) is 0 Å². The van der Waals surface area contributed by atoms with E-state index in [0.717, 1.165) is 31.5 Å². The van der Waals surface area contributed by atoms with Crippen LogP contribution in [0.4, 0.5) is 4.79 Å². The standard InChI is InChI=1S/C19H30N2O5/c1-13-14(12-25-16(13)23)21-10-7-19(15(22)11-21)5-8-20(9-6-19)17(24)26-18(2,3)4/h15,22H,5-12H2,1-4H3. The summed E-state index contributed by atoms with van der Waals surface area (Å²) in [6.07, 6.45) is 1.64. The van der Waals surface area contributed by atoms with Gasteiger partial charge in [0.05, 0.1) is 17.4 Å². The summed E-state index contributed by atoms with van der Waals surface area (Å²) in [7, 11) is 0. The minimum atomic E-state index is -0.497. The Bertz CT molecular complexity index is 614. The molecule has 7 nitrogen and oxygen atoms in total. The fourth-order valence-corrected chi connectivity index (χ4v) is 4.10. The van der Waals surface area contributed by atoms with Crippen molar-refractivity contribution in [2.24, 2.45) is 5.41 Å². The molecule has 0 aromatic carbocycles. The molecule has 0 radical (unpaired) electrons. The number of aliphatic hydroxyl groups excluding tert-OH is 1. The van der Waals surface area contributed by atoms with Gasteiger partial charge in [0.25, 0.3) is 0 Å². The number of rotatable bonds is 1. The van der Waals surface area contributed by atoms with Crippen molar-refractivity contribution < 1.29 is 24.2 Å². The summed E-state index contributed by atoms with van der Waals surface area (Å²) in [5.74, 6) is -0.263. The van der Waals surface area contributed by atoms with Gasteiger partial charge < -0.3 is 24.4 Å². The third-order valence-electron chi connectivity index (χ3n) is 5.85. The minimum absolute atomic E-state index is 0.160. The van der Waals surface area contributed by atoms with Gasteiger partial charge >= 0.3 is 12.1 Å². The van der Waals surface area contributed by atoms with Crippen molar-refractivity contribution >= 4 is 12.1 Å². The number of nitrogens with zero attached hydrogens (tertiary/aromatic N) is 2. The van der Waals surface area contributed by atoms with E-state index in [-0.39, 0.29) is 17.5 Å². The topological polar surface area (TPSA) is 79.3 Å². The number of ether oxygens (including phenoxy) is 2. The number of carbonyl (C=O) groups is 2. The summed E-state index contributed by atoms with van der Waals surface area (Å²) in [5, 5.41) is 10.9. The van der Waals surface area contributed by atoms with Gasteiger partial charge in [0.1, 0.15) is 12.2 Å². The average Bonchev–Trinajstić information content (AvgIpc) is 2.89. The monoisotopic (exact) mass is 366 g/mol. The summed E-state index contributed by atoms with van der Waals surface area (Å²) in [6.45, 7) is 10.2. The number of hydrogen-bond acceptors (Lipinski definition) is 6. The van der Waals surface area contributed by atoms with Crippen molar-refractivity contribution in [1.82, 2.24) is 9.80 Å². The maximum absolute atomic E-state index is 12.2. The predicted octanol–water partition coefficient (Wildman–Crippen LogP) is 1.90. The minimum Gasteiger partial charge on any atom is -0.456 e. The van der Waals surface area contributed by atoms with E-state index in [0.29, 0.717) is 31.8 Å². The maximum atomic E-state index is 12.2. The summed E-state index contributed by atoms with van der Waals surface area (Å²) in [5.41, 5.74) is 0.888. The number of piperidine rings is 2. The Kier molecular flexibility index (Phi) is 4.94. The number of carbonyl (C=O) groups excluding carboxylic acids is 2. The van der Waals surface area contributed by atoms with Crippen LogP contribution in [0.1, 0.15) is 47.0 Å². The summed E-state index contributed by atoms with van der Waals surface area (Å²) < 4.78 is 10.5. The van der Waals surface area contributed by atoms with Crippen molar-refractivity contribution in [1.29, 1.82) is 0 Å². The first-order valence-electron chi connectivity index (χ1n) is 9.39. The van der Waals surface area contributed by atoms with Crippen LogP contribution in [-0.4, -0.2) is 71.5 Å². The fourth-order valence-electron chi connectivity index (χ4n) is 4.10. The lowest BCUT2D eigenvalue weighted by Gasteiger charge is -2.50. The maximum Gasteiger partial charge on any atom is 0.410 e. The van der Waals surface area contributed by atoms with Crippen molar-refractivity contribution in [3.63, 3.8) is 0 Å². The molecule has 1 unspecified atom stereocenters. The van der Waals surface area contributed by atoms with E-state index in [1.54, 1.807) is 11.8 Å². The van der Waals surface area contributed by atoms with Crippen molar-refractivity contribution in [3.8, 4) is 0 Å². The van der Waals surface area contributed by atoms with Crippen molar-refractivity contribution in [2.75, 3.05) is 32.8 Å². The van der Waals surface area contributed by atoms with Gasteiger partial charge in [0, 0.05) is 31.6 Å². The molecule has 3 rings (SSSR count). The smallest absolute Gasteiger partial charge is 0.410 e. The number of esters is 1. The highest BCUT2D eigenvalue weighted by Gasteiger charge is 2.46. The molecule has 2 fully saturated rings. The zero-order valence-corrected chi connectivity index (χ0v) is 16.2. The third-order valence-corrected chi connectivity index (χ3v) is 5.85. The molecule has 1 spiro atoms. The number of likely N-dealkylation sites (tertiary alicyclic amines) is 2. The molecule has 0 saturated carbocycles. The van der Waals surface area contributed by atoms with E-state index < -0.39 is 11.7 Å². The SMILES string of the molecule is CC1=C(N2CCC3(CCN(C(=O)OC(C)(C)C)CC3)C(O)C2)COC1=O. The second-order valence-electron chi connectivity index (χ2n) is 8.69. The van der Waals surface area contributed by atoms with Gasteiger partial charge in [-0.25, -0.2) is 9.59 Å². The summed E-state index contributed by atoms with van der Waals surface area (Å²) in [6, 6.07) is 0. The molecule has 1 N–H and O–H groups in total. The Morgan fingerprint density at radius 3 is 2.35 bits per heavy atom. The molecule has 26 heavy (non-hydrogen) atoms. The van der Waals surface area contributed by atoms with Crippen LogP contribution in [0.15, 0.2) is 11.3 Å². The fraction of sp³-hybridized carbons (Fsp3) is 0.789. The first-order valence-corrected chi connectivity index (χ1v) is 9.39. The van der Waals surface area contributed by atoms with Crippen molar-refractivity contribution in [2.45, 2.75) is 58.7 Å². The first-order chi connectivity index (χ1) is 12.1. The van der Waals surface area contributed by atoms with Gasteiger partial charge in [-0.15, -0.1) is 0 Å². The molecule has 0 aliphatic carbocycles. The van der Waals surface area contributed by atoms with Gasteiger partial charge in [-0.05, 0) is 47.0 Å². The molecule has 3 aliphatic rings. The molecule has 146 valence electrons. The van der Waals surface area contributed by atoms with E-state index in [1.807, 2.05) is 20.8 Å². The van der Waals surface area contributed by atoms with Gasteiger partial charge in [0.2, 0.25) is 0 Å². The first kappa shape index (κ1) is 19.0.